The minimum absolute atomic E-state index is 0.109. The van der Waals surface area contributed by atoms with E-state index in [1.165, 1.54) is 16.3 Å². The Morgan fingerprint density at radius 3 is 2.50 bits per heavy atom. The lowest BCUT2D eigenvalue weighted by Crippen LogP contribution is -2.39. The third kappa shape index (κ3) is 4.88. The molecule has 144 valence electrons. The van der Waals surface area contributed by atoms with E-state index in [2.05, 4.69) is 5.32 Å². The molecule has 3 aromatic rings. The summed E-state index contributed by atoms with van der Waals surface area (Å²) in [6, 6.07) is 16.1. The van der Waals surface area contributed by atoms with Crippen LogP contribution in [0.25, 0.3) is 0 Å². The van der Waals surface area contributed by atoms with Gasteiger partial charge < -0.3 is 10.1 Å². The van der Waals surface area contributed by atoms with Crippen molar-refractivity contribution >= 4 is 51.1 Å². The molecule has 0 radical (unpaired) electrons. The Balaban J connectivity index is 1.68. The van der Waals surface area contributed by atoms with Gasteiger partial charge in [-0.2, -0.15) is 0 Å². The first-order valence-electron chi connectivity index (χ1n) is 8.32. The minimum Gasteiger partial charge on any atom is -0.497 e. The number of thiocarbonyl (C=S) groups is 1. The van der Waals surface area contributed by atoms with Gasteiger partial charge in [0.15, 0.2) is 10.9 Å². The molecule has 3 rings (SSSR count). The van der Waals surface area contributed by atoms with Gasteiger partial charge in [0.1, 0.15) is 10.8 Å². The van der Waals surface area contributed by atoms with E-state index < -0.39 is 0 Å². The van der Waals surface area contributed by atoms with E-state index in [1.807, 2.05) is 29.6 Å². The highest BCUT2D eigenvalue weighted by Crippen LogP contribution is 2.27. The summed E-state index contributed by atoms with van der Waals surface area (Å²) in [5.41, 5.74) is 2.07. The molecule has 0 aliphatic heterocycles. The van der Waals surface area contributed by atoms with Gasteiger partial charge in [-0.3, -0.25) is 9.80 Å². The van der Waals surface area contributed by atoms with Crippen LogP contribution in [0.15, 0.2) is 60.0 Å². The molecule has 0 aliphatic carbocycles. The molecular weight excluding hydrogens is 414 g/mol. The second-order valence-electron chi connectivity index (χ2n) is 5.91. The fourth-order valence-electron chi connectivity index (χ4n) is 2.51. The van der Waals surface area contributed by atoms with Crippen LogP contribution in [0.4, 0.5) is 5.00 Å². The number of halogens is 1. The van der Waals surface area contributed by atoms with E-state index in [-0.39, 0.29) is 5.78 Å². The highest BCUT2D eigenvalue weighted by molar-refractivity contribution is 7.80. The summed E-state index contributed by atoms with van der Waals surface area (Å²) in [4.78, 5) is 12.8. The zero-order chi connectivity index (χ0) is 20.1. The number of nitrogens with two attached hydrogens (primary N) is 1. The van der Waals surface area contributed by atoms with Crippen LogP contribution < -0.4 is 15.9 Å². The molecule has 28 heavy (non-hydrogen) atoms. The quantitative estimate of drug-likeness (QED) is 0.255. The van der Waals surface area contributed by atoms with Gasteiger partial charge >= 0.3 is 0 Å². The molecule has 0 bridgehead atoms. The van der Waals surface area contributed by atoms with Crippen LogP contribution in [0, 0.1) is 0 Å². The van der Waals surface area contributed by atoms with Gasteiger partial charge in [0.25, 0.3) is 0 Å². The molecule has 1 heterocycles. The number of carbonyl (C=O) groups excluding carboxylic acids is 1. The summed E-state index contributed by atoms with van der Waals surface area (Å²) in [5.74, 6) is 6.76. The fourth-order valence-corrected chi connectivity index (χ4v) is 3.65. The predicted molar refractivity (Wildman–Crippen MR) is 118 cm³/mol. The molecule has 2 aromatic carbocycles. The van der Waals surface area contributed by atoms with E-state index in [1.54, 1.807) is 37.4 Å². The van der Waals surface area contributed by atoms with Crippen molar-refractivity contribution in [3.05, 3.63) is 81.7 Å². The minimum atomic E-state index is -0.109. The number of thiophene rings is 1. The van der Waals surface area contributed by atoms with E-state index in [0.717, 1.165) is 11.3 Å². The van der Waals surface area contributed by atoms with Crippen LogP contribution in [0.5, 0.6) is 5.75 Å². The summed E-state index contributed by atoms with van der Waals surface area (Å²) < 4.78 is 5.15. The van der Waals surface area contributed by atoms with E-state index >= 15 is 0 Å². The first-order chi connectivity index (χ1) is 13.5. The molecule has 0 atom stereocenters. The number of anilines is 1. The van der Waals surface area contributed by atoms with Gasteiger partial charge in [-0.15, -0.1) is 11.3 Å². The Kier molecular flexibility index (Phi) is 6.64. The summed E-state index contributed by atoms with van der Waals surface area (Å²) in [5, 5.41) is 7.88. The first-order valence-corrected chi connectivity index (χ1v) is 9.98. The van der Waals surface area contributed by atoms with Gasteiger partial charge in [0, 0.05) is 10.6 Å². The van der Waals surface area contributed by atoms with Crippen LogP contribution in [-0.2, 0) is 6.54 Å². The predicted octanol–water partition coefficient (Wildman–Crippen LogP) is 4.71. The van der Waals surface area contributed by atoms with Crippen molar-refractivity contribution in [1.29, 1.82) is 0 Å². The maximum atomic E-state index is 12.8. The highest BCUT2D eigenvalue weighted by atomic mass is 35.5. The van der Waals surface area contributed by atoms with Crippen molar-refractivity contribution in [2.24, 2.45) is 5.84 Å². The summed E-state index contributed by atoms with van der Waals surface area (Å²) >= 11 is 12.7. The summed E-state index contributed by atoms with van der Waals surface area (Å²) in [6.45, 7) is 0.418. The summed E-state index contributed by atoms with van der Waals surface area (Å²) in [6.07, 6.45) is 0. The van der Waals surface area contributed by atoms with Crippen molar-refractivity contribution < 1.29 is 9.53 Å². The van der Waals surface area contributed by atoms with Crippen LogP contribution in [0.1, 0.15) is 21.5 Å². The van der Waals surface area contributed by atoms with Gasteiger partial charge in [-0.05, 0) is 65.6 Å². The SMILES string of the molecule is COc1ccc(CN(N)C(=S)Nc2sccc2C(=O)c2ccc(Cl)cc2)cc1. The van der Waals surface area contributed by atoms with Crippen molar-refractivity contribution in [2.45, 2.75) is 6.54 Å². The second-order valence-corrected chi connectivity index (χ2v) is 7.64. The monoisotopic (exact) mass is 431 g/mol. The third-order valence-electron chi connectivity index (χ3n) is 4.01. The number of hydrazine groups is 1. The van der Waals surface area contributed by atoms with Crippen LogP contribution in [0.2, 0.25) is 5.02 Å². The lowest BCUT2D eigenvalue weighted by Gasteiger charge is -2.20. The van der Waals surface area contributed by atoms with Crippen molar-refractivity contribution in [1.82, 2.24) is 5.01 Å². The number of methoxy groups -OCH3 is 1. The number of rotatable bonds is 6. The molecule has 0 unspecified atom stereocenters. The molecule has 5 nitrogen and oxygen atoms in total. The molecule has 0 spiro atoms. The fraction of sp³-hybridized carbons (Fsp3) is 0.100. The largest absolute Gasteiger partial charge is 0.497 e. The highest BCUT2D eigenvalue weighted by Gasteiger charge is 2.17. The van der Waals surface area contributed by atoms with Crippen LogP contribution >= 0.6 is 35.2 Å². The van der Waals surface area contributed by atoms with E-state index in [4.69, 9.17) is 34.4 Å². The number of ketones is 1. The van der Waals surface area contributed by atoms with Crippen LogP contribution in [-0.4, -0.2) is 23.0 Å². The first kappa shape index (κ1) is 20.3. The summed E-state index contributed by atoms with van der Waals surface area (Å²) in [7, 11) is 1.62. The Bertz CT molecular complexity index is 972. The van der Waals surface area contributed by atoms with Gasteiger partial charge in [-0.1, -0.05) is 23.7 Å². The average Bonchev–Trinajstić information content (AvgIpc) is 3.16. The Hall–Kier alpha value is -2.45. The second kappa shape index (κ2) is 9.16. The normalized spacial score (nSPS) is 10.4. The molecule has 8 heteroatoms. The molecule has 0 aliphatic rings. The van der Waals surface area contributed by atoms with Gasteiger partial charge in [0.2, 0.25) is 0 Å². The number of nitrogens with zero attached hydrogens (tertiary/aromatic N) is 1. The number of hydrogen-bond acceptors (Lipinski definition) is 5. The third-order valence-corrected chi connectivity index (χ3v) is 5.43. The molecule has 1 aromatic heterocycles. The number of nitrogens with one attached hydrogen (secondary N) is 1. The zero-order valence-corrected chi connectivity index (χ0v) is 17.4. The van der Waals surface area contributed by atoms with Gasteiger partial charge in [0.05, 0.1) is 19.2 Å². The lowest BCUT2D eigenvalue weighted by atomic mass is 10.1. The Labute approximate surface area is 177 Å². The standard InChI is InChI=1S/C20H18ClN3O2S2/c1-26-16-8-2-13(3-9-16)12-24(22)20(27)23-19-17(10-11-28-19)18(25)14-4-6-15(21)7-5-14/h2-11H,12,22H2,1H3,(H,23,27). The van der Waals surface area contributed by atoms with Crippen molar-refractivity contribution in [3.63, 3.8) is 0 Å². The molecule has 0 amide bonds. The van der Waals surface area contributed by atoms with E-state index in [0.29, 0.717) is 32.8 Å². The van der Waals surface area contributed by atoms with E-state index in [9.17, 15) is 4.79 Å². The number of ether oxygens (including phenoxy) is 1. The molecule has 0 fully saturated rings. The number of carbonyl (C=O) groups is 1. The topological polar surface area (TPSA) is 67.6 Å². The maximum absolute atomic E-state index is 12.8. The molecular formula is C20H18ClN3O2S2. The lowest BCUT2D eigenvalue weighted by molar-refractivity contribution is 0.104. The number of benzene rings is 2. The molecule has 3 N–H and O–H groups in total. The molecule has 0 saturated heterocycles. The Morgan fingerprint density at radius 1 is 1.18 bits per heavy atom. The molecule has 0 saturated carbocycles. The Morgan fingerprint density at radius 2 is 1.86 bits per heavy atom. The average molecular weight is 432 g/mol. The smallest absolute Gasteiger partial charge is 0.195 e. The van der Waals surface area contributed by atoms with Crippen molar-refractivity contribution in [2.75, 3.05) is 12.4 Å². The van der Waals surface area contributed by atoms with Crippen molar-refractivity contribution in [3.8, 4) is 5.75 Å². The zero-order valence-electron chi connectivity index (χ0n) is 15.0. The van der Waals surface area contributed by atoms with Crippen LogP contribution in [0.3, 0.4) is 0 Å². The maximum Gasteiger partial charge on any atom is 0.195 e. The number of hydrogen-bond donors (Lipinski definition) is 2. The van der Waals surface area contributed by atoms with Gasteiger partial charge in [-0.25, -0.2) is 5.84 Å².